The van der Waals surface area contributed by atoms with E-state index in [1.807, 2.05) is 0 Å². The maximum atomic E-state index is 12.6. The molecule has 0 unspecified atom stereocenters. The first kappa shape index (κ1) is 16.3. The van der Waals surface area contributed by atoms with Crippen molar-refractivity contribution < 1.29 is 26.3 Å². The van der Waals surface area contributed by atoms with Crippen LogP contribution in [0.1, 0.15) is 5.56 Å². The highest BCUT2D eigenvalue weighted by molar-refractivity contribution is 8.00. The minimum atomic E-state index is -4.62. The van der Waals surface area contributed by atoms with Crippen molar-refractivity contribution in [2.45, 2.75) is 11.7 Å². The molecule has 1 aromatic carbocycles. The summed E-state index contributed by atoms with van der Waals surface area (Å²) in [6.07, 6.45) is -4.62. The molecule has 1 aromatic rings. The van der Waals surface area contributed by atoms with Gasteiger partial charge < -0.3 is 5.32 Å². The fourth-order valence-corrected chi connectivity index (χ4v) is 1.96. The second-order valence-corrected chi connectivity index (χ2v) is 4.95. The number of rotatable bonds is 4. The van der Waals surface area contributed by atoms with Gasteiger partial charge in [0.1, 0.15) is 0 Å². The first-order valence-electron chi connectivity index (χ1n) is 4.91. The number of para-hydroxylation sites is 1. The Bertz CT molecular complexity index is 431. The van der Waals surface area contributed by atoms with E-state index in [2.05, 4.69) is 5.32 Å². The summed E-state index contributed by atoms with van der Waals surface area (Å²) < 4.78 is 73.5. The third-order valence-electron chi connectivity index (χ3n) is 1.99. The molecule has 0 aliphatic heterocycles. The molecule has 0 saturated heterocycles. The Morgan fingerprint density at radius 3 is 2.26 bits per heavy atom. The smallest absolute Gasteiger partial charge is 0.383 e. The van der Waals surface area contributed by atoms with Crippen LogP contribution in [0, 0.1) is 0 Å². The summed E-state index contributed by atoms with van der Waals surface area (Å²) >= 11 is 5.30. The van der Waals surface area contributed by atoms with Crippen molar-refractivity contribution >= 4 is 29.1 Å². The van der Waals surface area contributed by atoms with Crippen molar-refractivity contribution in [2.24, 2.45) is 0 Å². The minimum absolute atomic E-state index is 0.188. The maximum absolute atomic E-state index is 12.6. The number of benzene rings is 1. The van der Waals surface area contributed by atoms with Crippen molar-refractivity contribution in [3.63, 3.8) is 0 Å². The van der Waals surface area contributed by atoms with Crippen LogP contribution in [0.3, 0.4) is 0 Å². The molecular weight excluding hydrogens is 316 g/mol. The van der Waals surface area contributed by atoms with Crippen molar-refractivity contribution in [2.75, 3.05) is 17.6 Å². The van der Waals surface area contributed by atoms with Gasteiger partial charge in [-0.25, -0.2) is 0 Å². The molecule has 0 radical (unpaired) electrons. The summed E-state index contributed by atoms with van der Waals surface area (Å²) in [5.74, 6) is -0.411. The van der Waals surface area contributed by atoms with Gasteiger partial charge >= 0.3 is 11.7 Å². The minimum Gasteiger partial charge on any atom is -0.383 e. The second-order valence-electron chi connectivity index (χ2n) is 3.38. The van der Waals surface area contributed by atoms with E-state index >= 15 is 0 Å². The molecule has 0 amide bonds. The molecule has 0 heterocycles. The SMILES string of the molecule is FC(F)(F)SCCNc1c(Cl)cccc1C(F)(F)F. The first-order chi connectivity index (χ1) is 8.61. The number of nitrogens with one attached hydrogen (secondary N) is 1. The Hall–Kier alpha value is -0.760. The van der Waals surface area contributed by atoms with Crippen LogP contribution in [0.15, 0.2) is 18.2 Å². The molecule has 0 spiro atoms. The van der Waals surface area contributed by atoms with E-state index < -0.39 is 28.7 Å². The lowest BCUT2D eigenvalue weighted by Crippen LogP contribution is -2.14. The monoisotopic (exact) mass is 323 g/mol. The number of hydrogen-bond donors (Lipinski definition) is 1. The summed E-state index contributed by atoms with van der Waals surface area (Å²) in [5.41, 5.74) is -5.81. The lowest BCUT2D eigenvalue weighted by atomic mass is 10.1. The zero-order valence-electron chi connectivity index (χ0n) is 9.20. The van der Waals surface area contributed by atoms with Gasteiger partial charge in [0.05, 0.1) is 16.3 Å². The predicted octanol–water partition coefficient (Wildman–Crippen LogP) is 5.02. The van der Waals surface area contributed by atoms with Crippen LogP contribution in [0.2, 0.25) is 5.02 Å². The normalized spacial score (nSPS) is 12.6. The Morgan fingerprint density at radius 2 is 1.74 bits per heavy atom. The molecule has 1 nitrogen and oxygen atoms in total. The average molecular weight is 324 g/mol. The zero-order valence-corrected chi connectivity index (χ0v) is 10.8. The summed E-state index contributed by atoms with van der Waals surface area (Å²) in [4.78, 5) is 0. The van der Waals surface area contributed by atoms with Crippen LogP contribution < -0.4 is 5.32 Å². The maximum Gasteiger partial charge on any atom is 0.441 e. The molecular formula is C10H8ClF6NS. The van der Waals surface area contributed by atoms with E-state index in [4.69, 9.17) is 11.6 Å². The van der Waals surface area contributed by atoms with Crippen molar-refractivity contribution in [3.8, 4) is 0 Å². The Morgan fingerprint density at radius 1 is 1.11 bits per heavy atom. The highest BCUT2D eigenvalue weighted by Gasteiger charge is 2.34. The summed E-state index contributed by atoms with van der Waals surface area (Å²) in [6.45, 7) is -0.281. The lowest BCUT2D eigenvalue weighted by Gasteiger charge is -2.16. The number of halogens is 7. The van der Waals surface area contributed by atoms with E-state index in [9.17, 15) is 26.3 Å². The number of anilines is 1. The molecule has 0 aromatic heterocycles. The van der Waals surface area contributed by atoms with Gasteiger partial charge in [-0.15, -0.1) is 0 Å². The fraction of sp³-hybridized carbons (Fsp3) is 0.400. The van der Waals surface area contributed by atoms with Gasteiger partial charge in [0.2, 0.25) is 0 Å². The molecule has 108 valence electrons. The number of thioether (sulfide) groups is 1. The highest BCUT2D eigenvalue weighted by Crippen LogP contribution is 2.38. The molecule has 0 bridgehead atoms. The van der Waals surface area contributed by atoms with Gasteiger partial charge in [0.15, 0.2) is 0 Å². The molecule has 1 N–H and O–H groups in total. The van der Waals surface area contributed by atoms with E-state index in [-0.39, 0.29) is 23.3 Å². The van der Waals surface area contributed by atoms with E-state index in [0.29, 0.717) is 0 Å². The first-order valence-corrected chi connectivity index (χ1v) is 6.28. The second kappa shape index (κ2) is 6.13. The molecule has 0 atom stereocenters. The van der Waals surface area contributed by atoms with Crippen LogP contribution in [0.4, 0.5) is 32.0 Å². The Balaban J connectivity index is 2.73. The van der Waals surface area contributed by atoms with E-state index in [1.165, 1.54) is 6.07 Å². The van der Waals surface area contributed by atoms with Gasteiger partial charge in [-0.3, -0.25) is 0 Å². The van der Waals surface area contributed by atoms with Crippen LogP contribution >= 0.6 is 23.4 Å². The molecule has 0 saturated carbocycles. The van der Waals surface area contributed by atoms with Gasteiger partial charge in [0.25, 0.3) is 0 Å². The molecule has 0 fully saturated rings. The number of alkyl halides is 6. The van der Waals surface area contributed by atoms with E-state index in [0.717, 1.165) is 12.1 Å². The van der Waals surface area contributed by atoms with Crippen molar-refractivity contribution in [1.82, 2.24) is 0 Å². The van der Waals surface area contributed by atoms with Crippen LogP contribution in [0.25, 0.3) is 0 Å². The third-order valence-corrected chi connectivity index (χ3v) is 3.04. The topological polar surface area (TPSA) is 12.0 Å². The van der Waals surface area contributed by atoms with Crippen molar-refractivity contribution in [1.29, 1.82) is 0 Å². The van der Waals surface area contributed by atoms with E-state index in [1.54, 1.807) is 0 Å². The van der Waals surface area contributed by atoms with Crippen LogP contribution in [0.5, 0.6) is 0 Å². The van der Waals surface area contributed by atoms with Gasteiger partial charge in [-0.2, -0.15) is 26.3 Å². The molecule has 0 aliphatic rings. The largest absolute Gasteiger partial charge is 0.441 e. The molecule has 9 heteroatoms. The van der Waals surface area contributed by atoms with Gasteiger partial charge in [0, 0.05) is 12.3 Å². The predicted molar refractivity (Wildman–Crippen MR) is 63.5 cm³/mol. The average Bonchev–Trinajstić information content (AvgIpc) is 2.23. The van der Waals surface area contributed by atoms with Crippen LogP contribution in [-0.2, 0) is 6.18 Å². The highest BCUT2D eigenvalue weighted by atomic mass is 35.5. The Labute approximate surface area is 114 Å². The van der Waals surface area contributed by atoms with Crippen molar-refractivity contribution in [3.05, 3.63) is 28.8 Å². The Kier molecular flexibility index (Phi) is 5.26. The third kappa shape index (κ3) is 5.40. The lowest BCUT2D eigenvalue weighted by molar-refractivity contribution is -0.136. The molecule has 0 aliphatic carbocycles. The molecule has 1 rings (SSSR count). The summed E-state index contributed by atoms with van der Waals surface area (Å²) in [7, 11) is 0. The standard InChI is InChI=1S/C10H8ClF6NS/c11-7-3-1-2-6(9(12,13)14)8(7)18-4-5-19-10(15,16)17/h1-3,18H,4-5H2. The summed E-state index contributed by atoms with van der Waals surface area (Å²) in [5, 5.41) is 2.10. The van der Waals surface area contributed by atoms with Gasteiger partial charge in [-0.1, -0.05) is 17.7 Å². The number of hydrogen-bond acceptors (Lipinski definition) is 2. The quantitative estimate of drug-likeness (QED) is 0.616. The fourth-order valence-electron chi connectivity index (χ4n) is 1.28. The molecule has 19 heavy (non-hydrogen) atoms. The zero-order chi connectivity index (χ0) is 14.7. The van der Waals surface area contributed by atoms with Gasteiger partial charge in [-0.05, 0) is 23.9 Å². The van der Waals surface area contributed by atoms with Crippen LogP contribution in [-0.4, -0.2) is 17.8 Å². The summed E-state index contributed by atoms with van der Waals surface area (Å²) in [6, 6.07) is 3.17.